The SMILES string of the molecule is CC.CC.CCCC.CCCN(C)CCC.CCSCCN(C)/C=C\c1cc(-c2ccc3c(c2)N=C(N)CC(C=O)=C3)ccc1C=O. The second-order valence-corrected chi connectivity index (χ2v) is 12.0. The molecule has 2 aromatic rings. The number of amidine groups is 1. The van der Waals surface area contributed by atoms with E-state index in [1.54, 1.807) is 0 Å². The average molecular weight is 667 g/mol. The third-order valence-corrected chi connectivity index (χ3v) is 7.61. The molecular formula is C40H66N4O2S. The molecule has 47 heavy (non-hydrogen) atoms. The van der Waals surface area contributed by atoms with Gasteiger partial charge in [-0.15, -0.1) is 0 Å². The van der Waals surface area contributed by atoms with Crippen LogP contribution in [0.5, 0.6) is 0 Å². The molecule has 6 nitrogen and oxygen atoms in total. The van der Waals surface area contributed by atoms with Gasteiger partial charge in [-0.05, 0) is 85.9 Å². The Balaban J connectivity index is 0. The van der Waals surface area contributed by atoms with Gasteiger partial charge in [0.25, 0.3) is 0 Å². The molecule has 0 bridgehead atoms. The first-order chi connectivity index (χ1) is 22.8. The summed E-state index contributed by atoms with van der Waals surface area (Å²) in [5, 5.41) is 0. The van der Waals surface area contributed by atoms with E-state index in [0.717, 1.165) is 58.6 Å². The van der Waals surface area contributed by atoms with Gasteiger partial charge in [0.1, 0.15) is 12.1 Å². The van der Waals surface area contributed by atoms with Crippen LogP contribution in [0.3, 0.4) is 0 Å². The van der Waals surface area contributed by atoms with Crippen molar-refractivity contribution in [2.45, 2.75) is 94.4 Å². The number of thioether (sulfide) groups is 1. The van der Waals surface area contributed by atoms with Crippen LogP contribution in [0.2, 0.25) is 0 Å². The standard InChI is InChI=1S/C25H27N3O2S.C7H17N.C4H10.2C2H6/c1-3-31-11-10-28(2)9-8-21-14-19(5-7-23(21)17-30)20-4-6-22-12-18(16-29)13-25(26)27-24(22)15-20;1-4-6-8(3)7-5-2;1-3-4-2;2*1-2/h4-9,12,14-17H,3,10-11,13H2,1-2H3,(H2,26,27);4-7H2,1-3H3;3-4H2,1-2H3;2*1-2H3/b9-8-;;;;. The van der Waals surface area contributed by atoms with E-state index in [1.807, 2.05) is 101 Å². The van der Waals surface area contributed by atoms with Gasteiger partial charge in [0.2, 0.25) is 0 Å². The number of aliphatic imine (C=N–C) groups is 1. The van der Waals surface area contributed by atoms with Gasteiger partial charge in [-0.3, -0.25) is 9.59 Å². The number of hydrogen-bond donors (Lipinski definition) is 1. The zero-order chi connectivity index (χ0) is 36.0. The monoisotopic (exact) mass is 666 g/mol. The van der Waals surface area contributed by atoms with Crippen molar-refractivity contribution in [2.75, 3.05) is 45.2 Å². The van der Waals surface area contributed by atoms with Crippen molar-refractivity contribution < 1.29 is 9.59 Å². The van der Waals surface area contributed by atoms with E-state index < -0.39 is 0 Å². The van der Waals surface area contributed by atoms with E-state index in [4.69, 9.17) is 5.73 Å². The summed E-state index contributed by atoms with van der Waals surface area (Å²) < 4.78 is 0. The number of fused-ring (bicyclic) bond motifs is 1. The van der Waals surface area contributed by atoms with Crippen LogP contribution in [0.25, 0.3) is 23.3 Å². The zero-order valence-electron chi connectivity index (χ0n) is 31.6. The summed E-state index contributed by atoms with van der Waals surface area (Å²) >= 11 is 1.91. The number of unbranched alkanes of at least 4 members (excludes halogenated alkanes) is 1. The topological polar surface area (TPSA) is 79.0 Å². The largest absolute Gasteiger partial charge is 0.387 e. The van der Waals surface area contributed by atoms with Crippen LogP contribution in [0, 0.1) is 0 Å². The van der Waals surface area contributed by atoms with Crippen LogP contribution in [0.1, 0.15) is 116 Å². The predicted octanol–water partition coefficient (Wildman–Crippen LogP) is 10.4. The van der Waals surface area contributed by atoms with Crippen LogP contribution >= 0.6 is 11.8 Å². The fourth-order valence-electron chi connectivity index (χ4n) is 4.19. The molecule has 1 aliphatic heterocycles. The molecule has 1 aliphatic rings. The molecule has 0 aromatic heterocycles. The molecule has 0 fully saturated rings. The Bertz CT molecular complexity index is 1200. The fraction of sp³-hybridized carbons (Fsp3) is 0.525. The zero-order valence-corrected chi connectivity index (χ0v) is 32.4. The van der Waals surface area contributed by atoms with Gasteiger partial charge in [-0.25, -0.2) is 4.99 Å². The molecule has 0 amide bonds. The Kier molecular flexibility index (Phi) is 29.5. The van der Waals surface area contributed by atoms with Gasteiger partial charge >= 0.3 is 0 Å². The third kappa shape index (κ3) is 20.0. The maximum Gasteiger partial charge on any atom is 0.150 e. The predicted molar refractivity (Wildman–Crippen MR) is 213 cm³/mol. The minimum atomic E-state index is 0.348. The first kappa shape index (κ1) is 46.0. The van der Waals surface area contributed by atoms with Crippen molar-refractivity contribution in [1.29, 1.82) is 0 Å². The van der Waals surface area contributed by atoms with Crippen LogP contribution in [0.4, 0.5) is 5.69 Å². The van der Waals surface area contributed by atoms with Gasteiger partial charge in [0.15, 0.2) is 6.29 Å². The lowest BCUT2D eigenvalue weighted by Crippen LogP contribution is -2.19. The van der Waals surface area contributed by atoms with Crippen molar-refractivity contribution >= 4 is 48.0 Å². The lowest BCUT2D eigenvalue weighted by atomic mass is 9.97. The summed E-state index contributed by atoms with van der Waals surface area (Å²) in [6.45, 7) is 22.4. The molecule has 0 atom stereocenters. The van der Waals surface area contributed by atoms with E-state index in [1.165, 1.54) is 38.8 Å². The van der Waals surface area contributed by atoms with Crippen LogP contribution in [-0.4, -0.2) is 73.4 Å². The summed E-state index contributed by atoms with van der Waals surface area (Å²) in [5.41, 5.74) is 11.6. The van der Waals surface area contributed by atoms with Gasteiger partial charge < -0.3 is 15.5 Å². The summed E-state index contributed by atoms with van der Waals surface area (Å²) in [7, 11) is 4.21. The number of aldehydes is 2. The van der Waals surface area contributed by atoms with Crippen molar-refractivity contribution in [3.05, 3.63) is 64.9 Å². The minimum Gasteiger partial charge on any atom is -0.387 e. The first-order valence-electron chi connectivity index (χ1n) is 17.6. The molecule has 1 heterocycles. The Labute approximate surface area is 293 Å². The summed E-state index contributed by atoms with van der Waals surface area (Å²) in [6.07, 6.45) is 13.0. The highest BCUT2D eigenvalue weighted by Gasteiger charge is 2.11. The third-order valence-electron chi connectivity index (χ3n) is 6.73. The van der Waals surface area contributed by atoms with Crippen molar-refractivity contribution in [3.8, 4) is 11.1 Å². The summed E-state index contributed by atoms with van der Waals surface area (Å²) in [4.78, 5) is 31.7. The van der Waals surface area contributed by atoms with E-state index >= 15 is 0 Å². The summed E-state index contributed by atoms with van der Waals surface area (Å²) in [5.74, 6) is 2.59. The molecule has 0 radical (unpaired) electrons. The molecule has 7 heteroatoms. The number of hydrogen-bond acceptors (Lipinski definition) is 7. The maximum atomic E-state index is 11.5. The lowest BCUT2D eigenvalue weighted by molar-refractivity contribution is -0.104. The Morgan fingerprint density at radius 2 is 1.38 bits per heavy atom. The molecule has 2 N–H and O–H groups in total. The van der Waals surface area contributed by atoms with Crippen LogP contribution < -0.4 is 5.73 Å². The minimum absolute atomic E-state index is 0.348. The number of nitrogens with zero attached hydrogens (tertiary/aromatic N) is 3. The highest BCUT2D eigenvalue weighted by Crippen LogP contribution is 2.32. The van der Waals surface area contributed by atoms with E-state index in [0.29, 0.717) is 23.4 Å². The molecule has 0 saturated heterocycles. The Hall–Kier alpha value is -3.16. The van der Waals surface area contributed by atoms with E-state index in [2.05, 4.69) is 56.5 Å². The van der Waals surface area contributed by atoms with Gasteiger partial charge in [0.05, 0.1) is 5.69 Å². The molecule has 3 rings (SSSR count). The second-order valence-electron chi connectivity index (χ2n) is 10.6. The van der Waals surface area contributed by atoms with Crippen molar-refractivity contribution in [2.24, 2.45) is 10.7 Å². The second kappa shape index (κ2) is 30.2. The highest BCUT2D eigenvalue weighted by atomic mass is 32.2. The number of carbonyl (C=O) groups excluding carboxylic acids is 2. The summed E-state index contributed by atoms with van der Waals surface area (Å²) in [6, 6.07) is 11.7. The van der Waals surface area contributed by atoms with Gasteiger partial charge in [-0.2, -0.15) is 11.8 Å². The Morgan fingerprint density at radius 1 is 0.787 bits per heavy atom. The van der Waals surface area contributed by atoms with E-state index in [9.17, 15) is 9.59 Å². The van der Waals surface area contributed by atoms with Crippen molar-refractivity contribution in [3.63, 3.8) is 0 Å². The highest BCUT2D eigenvalue weighted by molar-refractivity contribution is 7.99. The van der Waals surface area contributed by atoms with Crippen molar-refractivity contribution in [1.82, 2.24) is 9.80 Å². The van der Waals surface area contributed by atoms with E-state index in [-0.39, 0.29) is 0 Å². The van der Waals surface area contributed by atoms with Crippen LogP contribution in [-0.2, 0) is 4.79 Å². The number of benzene rings is 2. The first-order valence-corrected chi connectivity index (χ1v) is 18.8. The molecule has 0 saturated carbocycles. The molecule has 0 spiro atoms. The van der Waals surface area contributed by atoms with Gasteiger partial charge in [0, 0.05) is 42.5 Å². The number of carbonyl (C=O) groups is 2. The molecule has 2 aromatic carbocycles. The number of rotatable bonds is 14. The molecule has 0 unspecified atom stereocenters. The number of nitrogens with two attached hydrogens (primary N) is 1. The normalized spacial score (nSPS) is 11.4. The maximum absolute atomic E-state index is 11.5. The lowest BCUT2D eigenvalue weighted by Gasteiger charge is -2.13. The molecular weight excluding hydrogens is 601 g/mol. The smallest absolute Gasteiger partial charge is 0.150 e. The fourth-order valence-corrected chi connectivity index (χ4v) is 4.89. The molecule has 264 valence electrons. The van der Waals surface area contributed by atoms with Gasteiger partial charge in [-0.1, -0.05) is 99.4 Å². The quantitative estimate of drug-likeness (QED) is 0.160. The molecule has 0 aliphatic carbocycles. The Morgan fingerprint density at radius 3 is 1.91 bits per heavy atom. The average Bonchev–Trinajstić information content (AvgIpc) is 3.26. The van der Waals surface area contributed by atoms with Crippen LogP contribution in [0.15, 0.2) is 53.2 Å².